The molecule has 13 rings (SSSR count). The van der Waals surface area contributed by atoms with E-state index in [9.17, 15) is 0 Å². The van der Waals surface area contributed by atoms with Gasteiger partial charge in [-0.05, 0) is 145 Å². The lowest BCUT2D eigenvalue weighted by Gasteiger charge is -2.32. The highest BCUT2D eigenvalue weighted by molar-refractivity contribution is 6.12. The topological polar surface area (TPSA) is 32.8 Å². The first-order chi connectivity index (χ1) is 33.9. The lowest BCUT2D eigenvalue weighted by Crippen LogP contribution is -2.20. The van der Waals surface area contributed by atoms with Crippen molar-refractivity contribution in [1.82, 2.24) is 0 Å². The molecule has 4 aliphatic carbocycles. The molecule has 2 saturated carbocycles. The number of furan rings is 2. The fourth-order valence-corrected chi connectivity index (χ4v) is 12.4. The van der Waals surface area contributed by atoms with Crippen LogP contribution in [0.25, 0.3) is 56.0 Å². The van der Waals surface area contributed by atoms with E-state index in [1.54, 1.807) is 0 Å². The maximum absolute atomic E-state index is 7.20. The normalized spacial score (nSPS) is 17.8. The summed E-state index contributed by atoms with van der Waals surface area (Å²) in [5, 5.41) is 4.72. The second kappa shape index (κ2) is 17.0. The quantitative estimate of drug-likeness (QED) is 0.152. The summed E-state index contributed by atoms with van der Waals surface area (Å²) in [6, 6.07) is 49.5. The Labute approximate surface area is 405 Å². The number of benzene rings is 7. The number of hydrogen-bond acceptors (Lipinski definition) is 4. The van der Waals surface area contributed by atoms with Gasteiger partial charge in [-0.15, -0.1) is 0 Å². The molecule has 0 saturated heterocycles. The number of allylic oxidation sites excluding steroid dienone is 5. The van der Waals surface area contributed by atoms with Gasteiger partial charge in [0.2, 0.25) is 0 Å². The summed E-state index contributed by atoms with van der Waals surface area (Å²) in [7, 11) is 0. The monoisotopic (exact) mass is 898 g/mol. The van der Waals surface area contributed by atoms with Crippen LogP contribution in [0.3, 0.4) is 0 Å². The number of nitrogens with zero attached hydrogens (tertiary/aromatic N) is 2. The Bertz CT molecular complexity index is 3620. The second-order valence-electron chi connectivity index (χ2n) is 20.3. The van der Waals surface area contributed by atoms with Crippen molar-refractivity contribution in [1.29, 1.82) is 0 Å². The van der Waals surface area contributed by atoms with E-state index in [4.69, 9.17) is 8.83 Å². The smallest absolute Gasteiger partial charge is 0.159 e. The molecule has 0 aliphatic heterocycles. The van der Waals surface area contributed by atoms with E-state index >= 15 is 0 Å². The van der Waals surface area contributed by atoms with Crippen molar-refractivity contribution in [3.05, 3.63) is 208 Å². The predicted molar refractivity (Wildman–Crippen MR) is 290 cm³/mol. The van der Waals surface area contributed by atoms with E-state index in [0.717, 1.165) is 73.7 Å². The van der Waals surface area contributed by atoms with E-state index in [2.05, 4.69) is 200 Å². The standard InChI is InChI=1S/C65H58N2O2/c1-41-30-35-52-57-40-47(58(36-31-41)66(48-20-8-14-42(2)38-48)60-28-12-26-55-53-24-10-22-50(44-16-4-5-17-44)62(53)68-64(55)60)33-32-46(57)34-37-59(52)67(49-21-9-15-43(3)39-49)61-29-13-27-56-54-25-11-23-51(45-18-6-7-19-45)63(54)69-65(56)61/h8-15,20-39,41,44-45H,4-7,16-19,40H2,1-3H3/b35-30?,36-31-,58-47?. The first kappa shape index (κ1) is 41.9. The molecule has 69 heavy (non-hydrogen) atoms. The Morgan fingerprint density at radius 2 is 0.971 bits per heavy atom. The van der Waals surface area contributed by atoms with Gasteiger partial charge in [0.25, 0.3) is 0 Å². The van der Waals surface area contributed by atoms with Crippen LogP contribution in [0.4, 0.5) is 28.4 Å². The average molecular weight is 899 g/mol. The molecule has 0 amide bonds. The zero-order valence-electron chi connectivity index (χ0n) is 40.0. The maximum Gasteiger partial charge on any atom is 0.159 e. The molecule has 2 heterocycles. The van der Waals surface area contributed by atoms with Crippen molar-refractivity contribution in [2.75, 3.05) is 9.80 Å². The predicted octanol–water partition coefficient (Wildman–Crippen LogP) is 18.8. The zero-order chi connectivity index (χ0) is 46.2. The SMILES string of the molecule is Cc1cccc(N(C2=C3C=Cc4ccc(N(c5cccc(C)c5)c5cccc6c5oc5c(C7CCCC7)cccc56)c(c4C3)C=CC(C)/C=C\2)c2cccc3c2oc2c(C4CCCC4)cccc23)c1. The van der Waals surface area contributed by atoms with Crippen molar-refractivity contribution in [3.63, 3.8) is 0 Å². The molecule has 1 unspecified atom stereocenters. The Balaban J connectivity index is 1.01. The molecule has 0 N–H and O–H groups in total. The Morgan fingerprint density at radius 3 is 1.55 bits per heavy atom. The zero-order valence-corrected chi connectivity index (χ0v) is 40.0. The van der Waals surface area contributed by atoms with E-state index in [1.807, 2.05) is 0 Å². The van der Waals surface area contributed by atoms with Crippen LogP contribution in [0.15, 0.2) is 178 Å². The summed E-state index contributed by atoms with van der Waals surface area (Å²) in [5.74, 6) is 1.23. The third-order valence-electron chi connectivity index (χ3n) is 15.8. The molecule has 4 heteroatoms. The summed E-state index contributed by atoms with van der Waals surface area (Å²) in [6.07, 6.45) is 25.0. The van der Waals surface area contributed by atoms with Crippen molar-refractivity contribution in [3.8, 4) is 0 Å². The van der Waals surface area contributed by atoms with Gasteiger partial charge < -0.3 is 18.6 Å². The number of aryl methyl sites for hydroxylation is 2. The largest absolute Gasteiger partial charge is 0.454 e. The molecular formula is C65H58N2O2. The van der Waals surface area contributed by atoms with Crippen LogP contribution in [0.2, 0.25) is 0 Å². The fourth-order valence-electron chi connectivity index (χ4n) is 12.4. The van der Waals surface area contributed by atoms with Crippen LogP contribution in [0, 0.1) is 19.8 Å². The summed E-state index contributed by atoms with van der Waals surface area (Å²) in [4.78, 5) is 4.93. The Hall–Kier alpha value is -7.30. The minimum atomic E-state index is 0.141. The molecule has 4 aliphatic rings. The van der Waals surface area contributed by atoms with E-state index in [0.29, 0.717) is 11.8 Å². The number of fused-ring (bicyclic) bond motifs is 7. The molecule has 9 aromatic rings. The van der Waals surface area contributed by atoms with E-state index < -0.39 is 0 Å². The molecule has 7 aromatic carbocycles. The summed E-state index contributed by atoms with van der Waals surface area (Å²) < 4.78 is 14.4. The molecule has 0 spiro atoms. The molecule has 2 aromatic heterocycles. The molecule has 2 bridgehead atoms. The summed E-state index contributed by atoms with van der Waals surface area (Å²) in [5.41, 5.74) is 20.7. The third-order valence-corrected chi connectivity index (χ3v) is 15.8. The van der Waals surface area contributed by atoms with E-state index in [1.165, 1.54) is 107 Å². The highest BCUT2D eigenvalue weighted by Crippen LogP contribution is 2.50. The Morgan fingerprint density at radius 1 is 0.464 bits per heavy atom. The van der Waals surface area contributed by atoms with Gasteiger partial charge in [0.15, 0.2) is 11.2 Å². The minimum absolute atomic E-state index is 0.141. The van der Waals surface area contributed by atoms with E-state index in [-0.39, 0.29) is 5.92 Å². The summed E-state index contributed by atoms with van der Waals surface area (Å²) >= 11 is 0. The number of anilines is 5. The Kier molecular flexibility index (Phi) is 10.3. The molecule has 1 atom stereocenters. The third kappa shape index (κ3) is 7.18. The van der Waals surface area contributed by atoms with Crippen molar-refractivity contribution >= 4 is 84.5 Å². The van der Waals surface area contributed by atoms with Crippen LogP contribution in [0.5, 0.6) is 0 Å². The van der Waals surface area contributed by atoms with Gasteiger partial charge in [0, 0.05) is 50.6 Å². The first-order valence-corrected chi connectivity index (χ1v) is 25.5. The van der Waals surface area contributed by atoms with Crippen LogP contribution in [-0.4, -0.2) is 0 Å². The van der Waals surface area contributed by atoms with Gasteiger partial charge in [-0.1, -0.05) is 154 Å². The lowest BCUT2D eigenvalue weighted by atomic mass is 9.86. The van der Waals surface area contributed by atoms with Gasteiger partial charge in [0.1, 0.15) is 11.2 Å². The van der Waals surface area contributed by atoms with Crippen LogP contribution in [-0.2, 0) is 6.42 Å². The molecule has 4 nitrogen and oxygen atoms in total. The first-order valence-electron chi connectivity index (χ1n) is 25.5. The van der Waals surface area contributed by atoms with Gasteiger partial charge in [0.05, 0.1) is 17.1 Å². The van der Waals surface area contributed by atoms with Crippen LogP contribution < -0.4 is 9.80 Å². The summed E-state index contributed by atoms with van der Waals surface area (Å²) in [6.45, 7) is 6.68. The lowest BCUT2D eigenvalue weighted by molar-refractivity contribution is 0.643. The van der Waals surface area contributed by atoms with Crippen molar-refractivity contribution in [2.45, 2.75) is 90.4 Å². The van der Waals surface area contributed by atoms with Gasteiger partial charge in [-0.2, -0.15) is 0 Å². The van der Waals surface area contributed by atoms with Crippen molar-refractivity contribution in [2.24, 2.45) is 5.92 Å². The highest BCUT2D eigenvalue weighted by atomic mass is 16.3. The average Bonchev–Trinajstić information content (AvgIpc) is 4.22. The van der Waals surface area contributed by atoms with Crippen molar-refractivity contribution < 1.29 is 8.83 Å². The maximum atomic E-state index is 7.20. The fraction of sp³-hybridized carbons (Fsp3) is 0.231. The second-order valence-corrected chi connectivity index (χ2v) is 20.3. The number of para-hydroxylation sites is 4. The van der Waals surface area contributed by atoms with Gasteiger partial charge in [-0.25, -0.2) is 0 Å². The number of rotatable bonds is 8. The van der Waals surface area contributed by atoms with Crippen LogP contribution >= 0.6 is 0 Å². The molecular weight excluding hydrogens is 841 g/mol. The highest BCUT2D eigenvalue weighted by Gasteiger charge is 2.30. The molecule has 0 radical (unpaired) electrons. The minimum Gasteiger partial charge on any atom is -0.454 e. The number of hydrogen-bond donors (Lipinski definition) is 0. The van der Waals surface area contributed by atoms with Gasteiger partial charge in [-0.3, -0.25) is 0 Å². The molecule has 2 fully saturated rings. The molecule has 340 valence electrons. The van der Waals surface area contributed by atoms with Gasteiger partial charge >= 0.3 is 0 Å². The van der Waals surface area contributed by atoms with Crippen LogP contribution in [0.1, 0.15) is 109 Å².